The highest BCUT2D eigenvalue weighted by Gasteiger charge is 1.95. The van der Waals surface area contributed by atoms with Crippen molar-refractivity contribution < 1.29 is 0 Å². The van der Waals surface area contributed by atoms with Crippen molar-refractivity contribution in [3.63, 3.8) is 0 Å². The molecule has 0 unspecified atom stereocenters. The molecule has 1 aromatic heterocycles. The highest BCUT2D eigenvalue weighted by molar-refractivity contribution is 5.92. The zero-order valence-corrected chi connectivity index (χ0v) is 11.2. The van der Waals surface area contributed by atoms with Gasteiger partial charge in [-0.15, -0.1) is 12.4 Å². The summed E-state index contributed by atoms with van der Waals surface area (Å²) in [4.78, 5) is 4.02. The molecule has 2 aromatic carbocycles. The van der Waals surface area contributed by atoms with Crippen molar-refractivity contribution in [2.75, 3.05) is 0 Å². The molecular weight excluding hydrogens is 254 g/mol. The number of nitrogens with zero attached hydrogens (tertiary/aromatic N) is 1. The maximum atomic E-state index is 4.02. The molecule has 3 aromatic rings. The Balaban J connectivity index is 0.00000133. The van der Waals surface area contributed by atoms with Gasteiger partial charge in [-0.3, -0.25) is 4.98 Å². The monoisotopic (exact) mass is 267 g/mol. The van der Waals surface area contributed by atoms with E-state index in [1.807, 2.05) is 24.5 Å². The van der Waals surface area contributed by atoms with Gasteiger partial charge in [-0.25, -0.2) is 0 Å². The molecule has 0 radical (unpaired) electrons. The largest absolute Gasteiger partial charge is 0.265 e. The van der Waals surface area contributed by atoms with Crippen molar-refractivity contribution in [3.8, 4) is 0 Å². The highest BCUT2D eigenvalue weighted by Crippen LogP contribution is 2.20. The molecule has 0 aliphatic heterocycles. The van der Waals surface area contributed by atoms with Gasteiger partial charge < -0.3 is 0 Å². The number of hydrogen-bond acceptors (Lipinski definition) is 1. The van der Waals surface area contributed by atoms with E-state index in [0.29, 0.717) is 0 Å². The summed E-state index contributed by atoms with van der Waals surface area (Å²) in [5.74, 6) is 0. The number of rotatable bonds is 2. The van der Waals surface area contributed by atoms with E-state index in [1.54, 1.807) is 0 Å². The van der Waals surface area contributed by atoms with Gasteiger partial charge in [0, 0.05) is 12.4 Å². The molecule has 0 atom stereocenters. The maximum Gasteiger partial charge on any atom is 0.0273 e. The van der Waals surface area contributed by atoms with Crippen LogP contribution in [0.15, 0.2) is 67.0 Å². The van der Waals surface area contributed by atoms with Gasteiger partial charge in [-0.05, 0) is 34.0 Å². The summed E-state index contributed by atoms with van der Waals surface area (Å²) in [5, 5.41) is 2.56. The number of hydrogen-bond donors (Lipinski definition) is 0. The Hall–Kier alpha value is -2.12. The van der Waals surface area contributed by atoms with Gasteiger partial charge >= 0.3 is 0 Å². The third-order valence-corrected chi connectivity index (χ3v) is 2.98. The predicted octanol–water partition coefficient (Wildman–Crippen LogP) is 4.83. The fraction of sp³-hybridized carbons (Fsp3) is 0. The minimum Gasteiger partial charge on any atom is -0.265 e. The third kappa shape index (κ3) is 3.01. The van der Waals surface area contributed by atoms with Gasteiger partial charge in [0.25, 0.3) is 0 Å². The van der Waals surface area contributed by atoms with Crippen LogP contribution in [0, 0.1) is 0 Å². The van der Waals surface area contributed by atoms with Crippen LogP contribution in [0.1, 0.15) is 11.1 Å². The SMILES string of the molecule is C(=Cc1cccc2ccccc12)c1ccncc1.Cl. The number of pyridine rings is 1. The summed E-state index contributed by atoms with van der Waals surface area (Å²) in [6.07, 6.45) is 7.88. The second-order valence-electron chi connectivity index (χ2n) is 4.18. The van der Waals surface area contributed by atoms with E-state index in [4.69, 9.17) is 0 Å². The van der Waals surface area contributed by atoms with Gasteiger partial charge in [0.05, 0.1) is 0 Å². The lowest BCUT2D eigenvalue weighted by Crippen LogP contribution is -1.78. The van der Waals surface area contributed by atoms with Crippen molar-refractivity contribution in [2.45, 2.75) is 0 Å². The first kappa shape index (κ1) is 13.3. The molecule has 19 heavy (non-hydrogen) atoms. The molecule has 0 fully saturated rings. The van der Waals surface area contributed by atoms with E-state index in [9.17, 15) is 0 Å². The van der Waals surface area contributed by atoms with Gasteiger partial charge in [-0.2, -0.15) is 0 Å². The Kier molecular flexibility index (Phi) is 4.32. The molecule has 0 amide bonds. The lowest BCUT2D eigenvalue weighted by Gasteiger charge is -2.01. The van der Waals surface area contributed by atoms with E-state index in [0.717, 1.165) is 5.56 Å². The quantitative estimate of drug-likeness (QED) is 0.648. The van der Waals surface area contributed by atoms with Crippen LogP contribution in [0.4, 0.5) is 0 Å². The van der Waals surface area contributed by atoms with E-state index in [-0.39, 0.29) is 12.4 Å². The Morgan fingerprint density at radius 1 is 0.737 bits per heavy atom. The summed E-state index contributed by atoms with van der Waals surface area (Å²) in [7, 11) is 0. The molecule has 2 heteroatoms. The first-order chi connectivity index (χ1) is 8.93. The topological polar surface area (TPSA) is 12.9 Å². The van der Waals surface area contributed by atoms with Crippen LogP contribution in [0.3, 0.4) is 0 Å². The van der Waals surface area contributed by atoms with Gasteiger partial charge in [0.1, 0.15) is 0 Å². The van der Waals surface area contributed by atoms with Crippen molar-refractivity contribution in [3.05, 3.63) is 78.1 Å². The maximum absolute atomic E-state index is 4.02. The first-order valence-electron chi connectivity index (χ1n) is 5.99. The van der Waals surface area contributed by atoms with Crippen LogP contribution in [0.5, 0.6) is 0 Å². The molecule has 0 aliphatic carbocycles. The first-order valence-corrected chi connectivity index (χ1v) is 5.99. The average Bonchev–Trinajstić information content (AvgIpc) is 2.46. The lowest BCUT2D eigenvalue weighted by molar-refractivity contribution is 1.32. The second kappa shape index (κ2) is 6.17. The smallest absolute Gasteiger partial charge is 0.0273 e. The van der Waals surface area contributed by atoms with Crippen LogP contribution >= 0.6 is 12.4 Å². The van der Waals surface area contributed by atoms with Crippen LogP contribution in [0.2, 0.25) is 0 Å². The zero-order valence-electron chi connectivity index (χ0n) is 10.4. The summed E-state index contributed by atoms with van der Waals surface area (Å²) < 4.78 is 0. The number of fused-ring (bicyclic) bond motifs is 1. The predicted molar refractivity (Wildman–Crippen MR) is 84.4 cm³/mol. The summed E-state index contributed by atoms with van der Waals surface area (Å²) in [5.41, 5.74) is 2.41. The molecule has 0 aliphatic rings. The molecule has 3 rings (SSSR count). The van der Waals surface area contributed by atoms with E-state index in [2.05, 4.69) is 59.6 Å². The number of aromatic nitrogens is 1. The minimum absolute atomic E-state index is 0. The fourth-order valence-electron chi connectivity index (χ4n) is 2.06. The number of benzene rings is 2. The molecule has 0 N–H and O–H groups in total. The molecular formula is C17H14ClN. The fourth-order valence-corrected chi connectivity index (χ4v) is 2.06. The van der Waals surface area contributed by atoms with Crippen molar-refractivity contribution in [1.82, 2.24) is 4.98 Å². The second-order valence-corrected chi connectivity index (χ2v) is 4.18. The summed E-state index contributed by atoms with van der Waals surface area (Å²) >= 11 is 0. The van der Waals surface area contributed by atoms with E-state index < -0.39 is 0 Å². The van der Waals surface area contributed by atoms with Gasteiger partial charge in [0.15, 0.2) is 0 Å². The van der Waals surface area contributed by atoms with E-state index in [1.165, 1.54) is 16.3 Å². The molecule has 0 saturated heterocycles. The molecule has 0 spiro atoms. The highest BCUT2D eigenvalue weighted by atomic mass is 35.5. The Morgan fingerprint density at radius 3 is 2.32 bits per heavy atom. The Morgan fingerprint density at radius 2 is 1.47 bits per heavy atom. The van der Waals surface area contributed by atoms with E-state index >= 15 is 0 Å². The van der Waals surface area contributed by atoms with Crippen LogP contribution in [-0.2, 0) is 0 Å². The minimum atomic E-state index is 0. The molecule has 0 saturated carbocycles. The molecule has 1 heterocycles. The van der Waals surface area contributed by atoms with Crippen LogP contribution in [-0.4, -0.2) is 4.98 Å². The van der Waals surface area contributed by atoms with Crippen molar-refractivity contribution in [2.24, 2.45) is 0 Å². The standard InChI is InChI=1S/C17H13N.ClH/c1-2-7-17-15(4-1)5-3-6-16(17)9-8-14-10-12-18-13-11-14;/h1-13H;1H. The third-order valence-electron chi connectivity index (χ3n) is 2.98. The lowest BCUT2D eigenvalue weighted by atomic mass is 10.0. The van der Waals surface area contributed by atoms with Crippen molar-refractivity contribution >= 4 is 35.3 Å². The summed E-state index contributed by atoms with van der Waals surface area (Å²) in [6.45, 7) is 0. The van der Waals surface area contributed by atoms with Gasteiger partial charge in [0.2, 0.25) is 0 Å². The van der Waals surface area contributed by atoms with Crippen LogP contribution in [0.25, 0.3) is 22.9 Å². The summed E-state index contributed by atoms with van der Waals surface area (Å²) in [6, 6.07) is 18.8. The normalized spacial score (nSPS) is 10.5. The number of halogens is 1. The molecule has 1 nitrogen and oxygen atoms in total. The zero-order chi connectivity index (χ0) is 12.2. The Bertz CT molecular complexity index is 684. The average molecular weight is 268 g/mol. The van der Waals surface area contributed by atoms with Crippen LogP contribution < -0.4 is 0 Å². The Labute approximate surface area is 119 Å². The molecule has 94 valence electrons. The van der Waals surface area contributed by atoms with Gasteiger partial charge in [-0.1, -0.05) is 54.6 Å². The molecule has 0 bridgehead atoms. The van der Waals surface area contributed by atoms with Crippen molar-refractivity contribution in [1.29, 1.82) is 0 Å².